The van der Waals surface area contributed by atoms with Crippen LogP contribution in [0.3, 0.4) is 0 Å². The van der Waals surface area contributed by atoms with Gasteiger partial charge >= 0.3 is 5.97 Å². The lowest BCUT2D eigenvalue weighted by molar-refractivity contribution is 0.0697. The number of benzene rings is 2. The Kier molecular flexibility index (Phi) is 4.56. The van der Waals surface area contributed by atoms with E-state index in [1.165, 1.54) is 0 Å². The first-order chi connectivity index (χ1) is 10.1. The molecule has 0 heterocycles. The number of carboxylic acids is 1. The summed E-state index contributed by atoms with van der Waals surface area (Å²) in [6.07, 6.45) is 1.59. The van der Waals surface area contributed by atoms with Gasteiger partial charge < -0.3 is 10.0 Å². The molecule has 108 valence electrons. The molecule has 2 N–H and O–H groups in total. The van der Waals surface area contributed by atoms with Gasteiger partial charge in [0.25, 0.3) is 0 Å². The Morgan fingerprint density at radius 2 is 1.90 bits per heavy atom. The average Bonchev–Trinajstić information content (AvgIpc) is 2.48. The van der Waals surface area contributed by atoms with Gasteiger partial charge in [0.15, 0.2) is 0 Å². The Labute approximate surface area is 123 Å². The van der Waals surface area contributed by atoms with Crippen molar-refractivity contribution in [3.8, 4) is 0 Å². The van der Waals surface area contributed by atoms with Crippen molar-refractivity contribution in [1.29, 1.82) is 0 Å². The van der Waals surface area contributed by atoms with Gasteiger partial charge in [0.05, 0.1) is 17.5 Å². The third kappa shape index (κ3) is 4.07. The second-order valence-electron chi connectivity index (χ2n) is 4.74. The van der Waals surface area contributed by atoms with Crippen molar-refractivity contribution in [2.45, 2.75) is 0 Å². The molecule has 0 radical (unpaired) electrons. The molecule has 21 heavy (non-hydrogen) atoms. The minimum Gasteiger partial charge on any atom is -0.478 e. The number of nitrogens with zero attached hydrogens (tertiary/aromatic N) is 2. The van der Waals surface area contributed by atoms with Crippen LogP contribution in [0.15, 0.2) is 53.6 Å². The topological polar surface area (TPSA) is 64.9 Å². The SMILES string of the molecule is CN(C)c1ccc(NN=Cc2cccc(C(=O)O)c2)cc1. The predicted molar refractivity (Wildman–Crippen MR) is 85.4 cm³/mol. The Morgan fingerprint density at radius 1 is 1.19 bits per heavy atom. The van der Waals surface area contributed by atoms with E-state index in [4.69, 9.17) is 5.11 Å². The predicted octanol–water partition coefficient (Wildman–Crippen LogP) is 2.90. The molecule has 0 saturated heterocycles. The molecule has 0 atom stereocenters. The van der Waals surface area contributed by atoms with E-state index in [0.717, 1.165) is 16.9 Å². The number of aromatic carboxylic acids is 1. The van der Waals surface area contributed by atoms with Gasteiger partial charge in [-0.25, -0.2) is 4.79 Å². The van der Waals surface area contributed by atoms with Gasteiger partial charge in [-0.05, 0) is 42.0 Å². The third-order valence-electron chi connectivity index (χ3n) is 2.92. The van der Waals surface area contributed by atoms with E-state index in [-0.39, 0.29) is 5.56 Å². The van der Waals surface area contributed by atoms with Crippen molar-refractivity contribution >= 4 is 23.6 Å². The molecule has 0 aliphatic carbocycles. The van der Waals surface area contributed by atoms with Crippen LogP contribution in [0.4, 0.5) is 11.4 Å². The van der Waals surface area contributed by atoms with E-state index < -0.39 is 5.97 Å². The van der Waals surface area contributed by atoms with Crippen molar-refractivity contribution in [2.75, 3.05) is 24.4 Å². The van der Waals surface area contributed by atoms with Crippen molar-refractivity contribution in [2.24, 2.45) is 5.10 Å². The van der Waals surface area contributed by atoms with E-state index in [0.29, 0.717) is 0 Å². The Bertz CT molecular complexity index is 649. The summed E-state index contributed by atoms with van der Waals surface area (Å²) in [5.74, 6) is -0.947. The fourth-order valence-electron chi connectivity index (χ4n) is 1.77. The van der Waals surface area contributed by atoms with Gasteiger partial charge in [0.1, 0.15) is 0 Å². The van der Waals surface area contributed by atoms with Gasteiger partial charge in [-0.3, -0.25) is 5.43 Å². The molecule has 2 aromatic carbocycles. The van der Waals surface area contributed by atoms with Crippen LogP contribution in [-0.2, 0) is 0 Å². The molecule has 0 saturated carbocycles. The summed E-state index contributed by atoms with van der Waals surface area (Å²) in [7, 11) is 3.96. The molecule has 5 heteroatoms. The quantitative estimate of drug-likeness (QED) is 0.654. The minimum absolute atomic E-state index is 0.245. The second kappa shape index (κ2) is 6.56. The van der Waals surface area contributed by atoms with E-state index in [9.17, 15) is 4.79 Å². The zero-order chi connectivity index (χ0) is 15.2. The number of hydrogen-bond acceptors (Lipinski definition) is 4. The first-order valence-corrected chi connectivity index (χ1v) is 6.46. The maximum Gasteiger partial charge on any atom is 0.335 e. The molecule has 0 spiro atoms. The third-order valence-corrected chi connectivity index (χ3v) is 2.92. The summed E-state index contributed by atoms with van der Waals surface area (Å²) < 4.78 is 0. The monoisotopic (exact) mass is 283 g/mol. The van der Waals surface area contributed by atoms with Gasteiger partial charge in [0.2, 0.25) is 0 Å². The highest BCUT2D eigenvalue weighted by molar-refractivity contribution is 5.91. The highest BCUT2D eigenvalue weighted by Gasteiger charge is 2.01. The minimum atomic E-state index is -0.947. The van der Waals surface area contributed by atoms with Crippen molar-refractivity contribution in [3.63, 3.8) is 0 Å². The van der Waals surface area contributed by atoms with Crippen LogP contribution in [0.2, 0.25) is 0 Å². The molecular formula is C16H17N3O2. The highest BCUT2D eigenvalue weighted by atomic mass is 16.4. The Balaban J connectivity index is 2.02. The van der Waals surface area contributed by atoms with Crippen LogP contribution < -0.4 is 10.3 Å². The number of anilines is 2. The molecule has 2 aromatic rings. The molecule has 5 nitrogen and oxygen atoms in total. The summed E-state index contributed by atoms with van der Waals surface area (Å²) in [6.45, 7) is 0. The summed E-state index contributed by atoms with van der Waals surface area (Å²) in [5, 5.41) is 13.0. The summed E-state index contributed by atoms with van der Waals surface area (Å²) in [5.41, 5.74) is 5.86. The van der Waals surface area contributed by atoms with Crippen LogP contribution in [0.25, 0.3) is 0 Å². The van der Waals surface area contributed by atoms with Gasteiger partial charge in [-0.2, -0.15) is 5.10 Å². The average molecular weight is 283 g/mol. The molecule has 0 fully saturated rings. The molecule has 2 rings (SSSR count). The first-order valence-electron chi connectivity index (χ1n) is 6.46. The zero-order valence-corrected chi connectivity index (χ0v) is 11.9. The molecular weight excluding hydrogens is 266 g/mol. The van der Waals surface area contributed by atoms with Crippen LogP contribution in [0, 0.1) is 0 Å². The first kappa shape index (κ1) is 14.6. The van der Waals surface area contributed by atoms with E-state index in [1.807, 2.05) is 43.3 Å². The van der Waals surface area contributed by atoms with E-state index in [1.54, 1.807) is 30.5 Å². The molecule has 0 aliphatic rings. The molecule has 0 aromatic heterocycles. The fraction of sp³-hybridized carbons (Fsp3) is 0.125. The maximum atomic E-state index is 10.9. The maximum absolute atomic E-state index is 10.9. The smallest absolute Gasteiger partial charge is 0.335 e. The van der Waals surface area contributed by atoms with Gasteiger partial charge in [-0.1, -0.05) is 12.1 Å². The lowest BCUT2D eigenvalue weighted by atomic mass is 10.1. The van der Waals surface area contributed by atoms with Crippen LogP contribution in [0.1, 0.15) is 15.9 Å². The number of carboxylic acid groups (broad SMARTS) is 1. The standard InChI is InChI=1S/C16H17N3O2/c1-19(2)15-8-6-14(7-9-15)18-17-11-12-4-3-5-13(10-12)16(20)21/h3-11,18H,1-2H3,(H,20,21). The largest absolute Gasteiger partial charge is 0.478 e. The zero-order valence-electron chi connectivity index (χ0n) is 11.9. The lowest BCUT2D eigenvalue weighted by Gasteiger charge is -2.12. The van der Waals surface area contributed by atoms with Gasteiger partial charge in [-0.15, -0.1) is 0 Å². The number of carbonyl (C=O) groups is 1. The number of rotatable bonds is 5. The normalized spacial score (nSPS) is 10.6. The lowest BCUT2D eigenvalue weighted by Crippen LogP contribution is -2.08. The van der Waals surface area contributed by atoms with Crippen molar-refractivity contribution < 1.29 is 9.90 Å². The highest BCUT2D eigenvalue weighted by Crippen LogP contribution is 2.15. The Hall–Kier alpha value is -2.82. The summed E-state index contributed by atoms with van der Waals surface area (Å²) in [6, 6.07) is 14.5. The van der Waals surface area contributed by atoms with E-state index in [2.05, 4.69) is 10.5 Å². The van der Waals surface area contributed by atoms with Crippen molar-refractivity contribution in [1.82, 2.24) is 0 Å². The fourth-order valence-corrected chi connectivity index (χ4v) is 1.77. The Morgan fingerprint density at radius 3 is 2.52 bits per heavy atom. The number of nitrogens with one attached hydrogen (secondary N) is 1. The molecule has 0 unspecified atom stereocenters. The molecule has 0 aliphatic heterocycles. The second-order valence-corrected chi connectivity index (χ2v) is 4.74. The summed E-state index contributed by atoms with van der Waals surface area (Å²) >= 11 is 0. The van der Waals surface area contributed by atoms with E-state index >= 15 is 0 Å². The molecule has 0 bridgehead atoms. The van der Waals surface area contributed by atoms with Crippen LogP contribution in [0.5, 0.6) is 0 Å². The molecule has 0 amide bonds. The van der Waals surface area contributed by atoms with Gasteiger partial charge in [0, 0.05) is 19.8 Å². The van der Waals surface area contributed by atoms with Crippen LogP contribution in [-0.4, -0.2) is 31.4 Å². The number of hydrogen-bond donors (Lipinski definition) is 2. The number of hydrazone groups is 1. The van der Waals surface area contributed by atoms with Crippen molar-refractivity contribution in [3.05, 3.63) is 59.7 Å². The van der Waals surface area contributed by atoms with Crippen LogP contribution >= 0.6 is 0 Å². The summed E-state index contributed by atoms with van der Waals surface area (Å²) in [4.78, 5) is 12.9.